The summed E-state index contributed by atoms with van der Waals surface area (Å²) in [4.78, 5) is 11.8. The van der Waals surface area contributed by atoms with Gasteiger partial charge in [-0.15, -0.1) is 0 Å². The molecule has 1 aliphatic carbocycles. The summed E-state index contributed by atoms with van der Waals surface area (Å²) in [5.41, 5.74) is 2.32. The van der Waals surface area contributed by atoms with Gasteiger partial charge in [-0.2, -0.15) is 0 Å². The van der Waals surface area contributed by atoms with Gasteiger partial charge in [0.2, 0.25) is 5.91 Å². The molecule has 0 saturated heterocycles. The Morgan fingerprint density at radius 2 is 1.86 bits per heavy atom. The Bertz CT molecular complexity index is 523. The minimum atomic E-state index is 0.0667. The molecule has 0 aliphatic heterocycles. The molecular formula is C17H22Cl2N2O. The van der Waals surface area contributed by atoms with Crippen LogP contribution in [0.2, 0.25) is 10.0 Å². The largest absolute Gasteiger partial charge is 0.384 e. The molecule has 120 valence electrons. The van der Waals surface area contributed by atoms with Gasteiger partial charge in [-0.3, -0.25) is 4.79 Å². The second-order valence-corrected chi connectivity index (χ2v) is 6.42. The highest BCUT2D eigenvalue weighted by molar-refractivity contribution is 6.35. The summed E-state index contributed by atoms with van der Waals surface area (Å²) in [5.74, 6) is 0.0667. The van der Waals surface area contributed by atoms with Crippen molar-refractivity contribution >= 4 is 34.8 Å². The smallest absolute Gasteiger partial charge is 0.221 e. The second kappa shape index (κ2) is 9.06. The van der Waals surface area contributed by atoms with Gasteiger partial charge in [-0.1, -0.05) is 34.9 Å². The number of nitrogens with one attached hydrogen (secondary N) is 2. The summed E-state index contributed by atoms with van der Waals surface area (Å²) in [6, 6.07) is 5.27. The Kier molecular flexibility index (Phi) is 7.07. The Hall–Kier alpha value is -1.19. The van der Waals surface area contributed by atoms with E-state index in [2.05, 4.69) is 16.7 Å². The zero-order valence-corrected chi connectivity index (χ0v) is 14.1. The number of benzene rings is 1. The number of rotatable bonds is 7. The third-order valence-corrected chi connectivity index (χ3v) is 4.13. The van der Waals surface area contributed by atoms with Crippen LogP contribution in [-0.2, 0) is 4.79 Å². The molecule has 3 nitrogen and oxygen atoms in total. The van der Waals surface area contributed by atoms with Crippen molar-refractivity contribution in [3.05, 3.63) is 39.9 Å². The highest BCUT2D eigenvalue weighted by atomic mass is 35.5. The molecule has 1 amide bonds. The highest BCUT2D eigenvalue weighted by Gasteiger charge is 2.05. The van der Waals surface area contributed by atoms with E-state index in [9.17, 15) is 4.79 Å². The number of hydrogen-bond donors (Lipinski definition) is 2. The van der Waals surface area contributed by atoms with E-state index in [0.717, 1.165) is 18.7 Å². The van der Waals surface area contributed by atoms with Crippen LogP contribution in [0.5, 0.6) is 0 Å². The number of halogens is 2. The fourth-order valence-electron chi connectivity index (χ4n) is 2.56. The van der Waals surface area contributed by atoms with Crippen LogP contribution in [-0.4, -0.2) is 19.0 Å². The molecule has 0 spiro atoms. The first-order valence-electron chi connectivity index (χ1n) is 7.78. The van der Waals surface area contributed by atoms with Gasteiger partial charge in [0.25, 0.3) is 0 Å². The average Bonchev–Trinajstić information content (AvgIpc) is 2.47. The number of carbonyl (C=O) groups is 1. The monoisotopic (exact) mass is 340 g/mol. The maximum absolute atomic E-state index is 11.8. The van der Waals surface area contributed by atoms with Crippen LogP contribution in [0.1, 0.15) is 38.5 Å². The maximum Gasteiger partial charge on any atom is 0.221 e. The molecule has 0 aromatic heterocycles. The summed E-state index contributed by atoms with van der Waals surface area (Å²) in [5, 5.41) is 7.29. The second-order valence-electron chi connectivity index (χ2n) is 5.54. The van der Waals surface area contributed by atoms with Crippen molar-refractivity contribution in [1.29, 1.82) is 0 Å². The van der Waals surface area contributed by atoms with E-state index in [1.54, 1.807) is 18.2 Å². The molecule has 0 radical (unpaired) electrons. The molecule has 1 aliphatic rings. The molecule has 0 heterocycles. The first-order valence-corrected chi connectivity index (χ1v) is 8.53. The number of anilines is 1. The molecular weight excluding hydrogens is 319 g/mol. The molecule has 5 heteroatoms. The van der Waals surface area contributed by atoms with Crippen LogP contribution >= 0.6 is 23.2 Å². The molecule has 0 fully saturated rings. The minimum Gasteiger partial charge on any atom is -0.384 e. The van der Waals surface area contributed by atoms with Crippen LogP contribution in [0, 0.1) is 0 Å². The zero-order chi connectivity index (χ0) is 15.8. The van der Waals surface area contributed by atoms with Gasteiger partial charge < -0.3 is 10.6 Å². The molecule has 2 N–H and O–H groups in total. The Balaban J connectivity index is 1.62. The van der Waals surface area contributed by atoms with E-state index in [1.807, 2.05) is 0 Å². The average molecular weight is 341 g/mol. The lowest BCUT2D eigenvalue weighted by atomic mass is 9.97. The van der Waals surface area contributed by atoms with E-state index in [-0.39, 0.29) is 5.91 Å². The number of hydrogen-bond acceptors (Lipinski definition) is 2. The SMILES string of the molecule is O=C(CCNc1cc(Cl)cc(Cl)c1)NCCC1=CCCCC1. The third-order valence-electron chi connectivity index (χ3n) is 3.70. The van der Waals surface area contributed by atoms with Gasteiger partial charge in [0, 0.05) is 35.2 Å². The van der Waals surface area contributed by atoms with E-state index < -0.39 is 0 Å². The number of allylic oxidation sites excluding steroid dienone is 1. The molecule has 0 unspecified atom stereocenters. The summed E-state index contributed by atoms with van der Waals surface area (Å²) in [6.07, 6.45) is 8.69. The molecule has 1 aromatic carbocycles. The van der Waals surface area contributed by atoms with E-state index in [1.165, 1.54) is 31.3 Å². The van der Waals surface area contributed by atoms with Gasteiger partial charge in [0.1, 0.15) is 0 Å². The van der Waals surface area contributed by atoms with Crippen LogP contribution in [0.3, 0.4) is 0 Å². The quantitative estimate of drug-likeness (QED) is 0.699. The predicted octanol–water partition coefficient (Wildman–Crippen LogP) is 4.80. The molecule has 2 rings (SSSR count). The molecule has 0 atom stereocenters. The first kappa shape index (κ1) is 17.2. The number of amides is 1. The Labute approximate surface area is 142 Å². The van der Waals surface area contributed by atoms with Crippen molar-refractivity contribution < 1.29 is 4.79 Å². The summed E-state index contributed by atoms with van der Waals surface area (Å²) >= 11 is 11.8. The van der Waals surface area contributed by atoms with Gasteiger partial charge in [-0.05, 0) is 50.3 Å². The van der Waals surface area contributed by atoms with E-state index >= 15 is 0 Å². The van der Waals surface area contributed by atoms with E-state index in [4.69, 9.17) is 23.2 Å². The number of carbonyl (C=O) groups excluding carboxylic acids is 1. The van der Waals surface area contributed by atoms with Crippen LogP contribution in [0.4, 0.5) is 5.69 Å². The highest BCUT2D eigenvalue weighted by Crippen LogP contribution is 2.22. The van der Waals surface area contributed by atoms with Crippen molar-refractivity contribution in [2.75, 3.05) is 18.4 Å². The summed E-state index contributed by atoms with van der Waals surface area (Å²) in [7, 11) is 0. The van der Waals surface area contributed by atoms with Crippen molar-refractivity contribution in [1.82, 2.24) is 5.32 Å². The Morgan fingerprint density at radius 1 is 1.09 bits per heavy atom. The zero-order valence-electron chi connectivity index (χ0n) is 12.6. The fourth-order valence-corrected chi connectivity index (χ4v) is 3.08. The minimum absolute atomic E-state index is 0.0667. The van der Waals surface area contributed by atoms with Crippen molar-refractivity contribution in [3.63, 3.8) is 0 Å². The molecule has 1 aromatic rings. The van der Waals surface area contributed by atoms with E-state index in [0.29, 0.717) is 23.0 Å². The lowest BCUT2D eigenvalue weighted by molar-refractivity contribution is -0.120. The standard InChI is InChI=1S/C17H22Cl2N2O/c18-14-10-15(19)12-16(11-14)20-9-7-17(22)21-8-6-13-4-2-1-3-5-13/h4,10-12,20H,1-3,5-9H2,(H,21,22). The summed E-state index contributed by atoms with van der Waals surface area (Å²) in [6.45, 7) is 1.29. The molecule has 22 heavy (non-hydrogen) atoms. The van der Waals surface area contributed by atoms with Gasteiger partial charge in [0.05, 0.1) is 0 Å². The topological polar surface area (TPSA) is 41.1 Å². The van der Waals surface area contributed by atoms with Crippen molar-refractivity contribution in [2.24, 2.45) is 0 Å². The summed E-state index contributed by atoms with van der Waals surface area (Å²) < 4.78 is 0. The van der Waals surface area contributed by atoms with Crippen LogP contribution < -0.4 is 10.6 Å². The lowest BCUT2D eigenvalue weighted by Crippen LogP contribution is -2.26. The normalized spacial score (nSPS) is 14.4. The van der Waals surface area contributed by atoms with Crippen LogP contribution in [0.25, 0.3) is 0 Å². The molecule has 0 saturated carbocycles. The lowest BCUT2D eigenvalue weighted by Gasteiger charge is -2.13. The fraction of sp³-hybridized carbons (Fsp3) is 0.471. The third kappa shape index (κ3) is 6.29. The predicted molar refractivity (Wildman–Crippen MR) is 93.7 cm³/mol. The van der Waals surface area contributed by atoms with Crippen LogP contribution in [0.15, 0.2) is 29.8 Å². The molecule has 0 bridgehead atoms. The van der Waals surface area contributed by atoms with Gasteiger partial charge >= 0.3 is 0 Å². The van der Waals surface area contributed by atoms with Gasteiger partial charge in [0.15, 0.2) is 0 Å². The van der Waals surface area contributed by atoms with Crippen molar-refractivity contribution in [3.8, 4) is 0 Å². The van der Waals surface area contributed by atoms with Gasteiger partial charge in [-0.25, -0.2) is 0 Å². The first-order chi connectivity index (χ1) is 10.6. The van der Waals surface area contributed by atoms with Crippen molar-refractivity contribution in [2.45, 2.75) is 38.5 Å². The maximum atomic E-state index is 11.8. The Morgan fingerprint density at radius 3 is 2.55 bits per heavy atom.